The normalized spacial score (nSPS) is 21.2. The van der Waals surface area contributed by atoms with Crippen molar-refractivity contribution in [2.75, 3.05) is 39.3 Å². The molecule has 2 fully saturated rings. The van der Waals surface area contributed by atoms with Crippen molar-refractivity contribution >= 4 is 27.6 Å². The molecule has 2 atom stereocenters. The van der Waals surface area contributed by atoms with Crippen LogP contribution in [0.1, 0.15) is 6.92 Å². The van der Waals surface area contributed by atoms with Gasteiger partial charge < -0.3 is 14.4 Å². The maximum Gasteiger partial charge on any atom is 0.281 e. The minimum Gasteiger partial charge on any atom is -0.492 e. The van der Waals surface area contributed by atoms with E-state index in [0.29, 0.717) is 29.3 Å². The number of pyridine rings is 1. The van der Waals surface area contributed by atoms with Gasteiger partial charge in [-0.05, 0) is 48.2 Å². The summed E-state index contributed by atoms with van der Waals surface area (Å²) in [6.07, 6.45) is 1.73. The molecule has 2 aliphatic rings. The smallest absolute Gasteiger partial charge is 0.281 e. The van der Waals surface area contributed by atoms with Crippen LogP contribution in [0.4, 0.5) is 0 Å². The second-order valence-electron chi connectivity index (χ2n) is 7.93. The topological polar surface area (TPSA) is 67.8 Å². The number of benzene rings is 1. The zero-order valence-electron chi connectivity index (χ0n) is 16.9. The Labute approximate surface area is 179 Å². The van der Waals surface area contributed by atoms with Gasteiger partial charge in [-0.3, -0.25) is 9.69 Å². The highest BCUT2D eigenvalue weighted by atomic mass is 32.1. The third-order valence-corrected chi connectivity index (χ3v) is 6.75. The second-order valence-corrected chi connectivity index (χ2v) is 8.92. The van der Waals surface area contributed by atoms with Gasteiger partial charge in [0.15, 0.2) is 5.65 Å². The van der Waals surface area contributed by atoms with E-state index in [4.69, 9.17) is 9.47 Å². The quantitative estimate of drug-likeness (QED) is 0.605. The van der Waals surface area contributed by atoms with E-state index >= 15 is 0 Å². The number of hydrogen-bond donors (Lipinski definition) is 0. The molecular weight excluding hydrogens is 400 g/mol. The molecule has 2 unspecified atom stereocenters. The number of thiazole rings is 1. The lowest BCUT2D eigenvalue weighted by Crippen LogP contribution is -2.33. The van der Waals surface area contributed by atoms with Crippen LogP contribution in [0.3, 0.4) is 0 Å². The summed E-state index contributed by atoms with van der Waals surface area (Å²) in [7, 11) is 0. The third-order valence-electron chi connectivity index (χ3n) is 5.86. The van der Waals surface area contributed by atoms with E-state index in [-0.39, 0.29) is 5.91 Å². The van der Waals surface area contributed by atoms with Gasteiger partial charge in [0.1, 0.15) is 18.1 Å². The number of rotatable bonds is 6. The van der Waals surface area contributed by atoms with E-state index in [9.17, 15) is 4.79 Å². The Bertz CT molecular complexity index is 991. The number of aromatic nitrogens is 2. The lowest BCUT2D eigenvalue weighted by molar-refractivity contribution is -0.128. The van der Waals surface area contributed by atoms with Crippen LogP contribution < -0.4 is 9.47 Å². The molecule has 156 valence electrons. The summed E-state index contributed by atoms with van der Waals surface area (Å²) >= 11 is 1.48. The monoisotopic (exact) mass is 424 g/mol. The minimum absolute atomic E-state index is 0.200. The second kappa shape index (κ2) is 8.20. The number of likely N-dealkylation sites (tertiary alicyclic amines) is 2. The number of fused-ring (bicyclic) bond motifs is 2. The maximum atomic E-state index is 11.5. The Hall–Kier alpha value is -2.71. The molecule has 4 heterocycles. The zero-order chi connectivity index (χ0) is 20.5. The third kappa shape index (κ3) is 4.11. The molecule has 0 radical (unpaired) electrons. The zero-order valence-corrected chi connectivity index (χ0v) is 17.7. The standard InChI is InChI=1S/C22H24N4O3S/c1-15(27)26-13-16-11-25(12-17(16)14-26)9-10-28-18-4-6-19(7-5-18)29-22-24-21-20(30-22)3-2-8-23-21/h2-8,16-17H,9-14H2,1H3. The maximum absolute atomic E-state index is 11.5. The predicted octanol–water partition coefficient (Wildman–Crippen LogP) is 3.27. The SMILES string of the molecule is CC(=O)N1CC2CN(CCOc3ccc(Oc4nc5ncccc5s4)cc3)CC2C1. The Morgan fingerprint density at radius 3 is 2.53 bits per heavy atom. The van der Waals surface area contributed by atoms with Crippen LogP contribution in [0.15, 0.2) is 42.6 Å². The average molecular weight is 425 g/mol. The lowest BCUT2D eigenvalue weighted by atomic mass is 10.0. The van der Waals surface area contributed by atoms with Gasteiger partial charge in [-0.2, -0.15) is 4.98 Å². The van der Waals surface area contributed by atoms with Crippen LogP contribution in [0.25, 0.3) is 10.3 Å². The highest BCUT2D eigenvalue weighted by molar-refractivity contribution is 7.20. The number of ether oxygens (including phenoxy) is 2. The van der Waals surface area contributed by atoms with E-state index in [1.807, 2.05) is 41.3 Å². The van der Waals surface area contributed by atoms with Gasteiger partial charge in [0, 0.05) is 45.8 Å². The molecule has 7 nitrogen and oxygen atoms in total. The first-order valence-electron chi connectivity index (χ1n) is 10.2. The number of nitrogens with zero attached hydrogens (tertiary/aromatic N) is 4. The molecular formula is C22H24N4O3S. The molecule has 0 spiro atoms. The van der Waals surface area contributed by atoms with E-state index in [0.717, 1.165) is 48.9 Å². The fourth-order valence-electron chi connectivity index (χ4n) is 4.32. The molecule has 3 aromatic rings. The first-order valence-corrected chi connectivity index (χ1v) is 11.1. The number of carbonyl (C=O) groups is 1. The van der Waals surface area contributed by atoms with Crippen LogP contribution in [0.5, 0.6) is 16.7 Å². The molecule has 2 aromatic heterocycles. The van der Waals surface area contributed by atoms with Crippen LogP contribution in [0.2, 0.25) is 0 Å². The Kier molecular flexibility index (Phi) is 5.26. The summed E-state index contributed by atoms with van der Waals surface area (Å²) in [5.74, 6) is 2.98. The largest absolute Gasteiger partial charge is 0.492 e. The Morgan fingerprint density at radius 1 is 1.10 bits per heavy atom. The lowest BCUT2D eigenvalue weighted by Gasteiger charge is -2.20. The molecule has 0 saturated carbocycles. The molecule has 8 heteroatoms. The molecule has 30 heavy (non-hydrogen) atoms. The molecule has 1 amide bonds. The van der Waals surface area contributed by atoms with Gasteiger partial charge in [0.2, 0.25) is 5.91 Å². The molecule has 0 bridgehead atoms. The van der Waals surface area contributed by atoms with Crippen LogP contribution in [0, 0.1) is 11.8 Å². The van der Waals surface area contributed by atoms with E-state index in [1.165, 1.54) is 11.3 Å². The van der Waals surface area contributed by atoms with Crippen LogP contribution in [-0.4, -0.2) is 65.0 Å². The van der Waals surface area contributed by atoms with E-state index < -0.39 is 0 Å². The molecule has 0 aliphatic carbocycles. The van der Waals surface area contributed by atoms with Crippen molar-refractivity contribution in [3.63, 3.8) is 0 Å². The molecule has 5 rings (SSSR count). The minimum atomic E-state index is 0.200. The van der Waals surface area contributed by atoms with Gasteiger partial charge in [-0.1, -0.05) is 11.3 Å². The summed E-state index contributed by atoms with van der Waals surface area (Å²) in [5.41, 5.74) is 0.706. The summed E-state index contributed by atoms with van der Waals surface area (Å²) in [6.45, 7) is 7.15. The number of carbonyl (C=O) groups excluding carboxylic acids is 1. The van der Waals surface area contributed by atoms with Crippen molar-refractivity contribution in [1.82, 2.24) is 19.8 Å². The van der Waals surface area contributed by atoms with Crippen molar-refractivity contribution < 1.29 is 14.3 Å². The molecule has 1 aromatic carbocycles. The summed E-state index contributed by atoms with van der Waals surface area (Å²) < 4.78 is 12.8. The fourth-order valence-corrected chi connectivity index (χ4v) is 5.11. The van der Waals surface area contributed by atoms with Gasteiger partial charge in [-0.15, -0.1) is 0 Å². The van der Waals surface area contributed by atoms with Crippen molar-refractivity contribution in [2.45, 2.75) is 6.92 Å². The van der Waals surface area contributed by atoms with Gasteiger partial charge in [0.25, 0.3) is 5.19 Å². The molecule has 2 aliphatic heterocycles. The van der Waals surface area contributed by atoms with Crippen molar-refractivity contribution in [1.29, 1.82) is 0 Å². The predicted molar refractivity (Wildman–Crippen MR) is 115 cm³/mol. The number of amides is 1. The fraction of sp³-hybridized carbons (Fsp3) is 0.409. The summed E-state index contributed by atoms with van der Waals surface area (Å²) in [6, 6.07) is 11.5. The van der Waals surface area contributed by atoms with Gasteiger partial charge in [0.05, 0.1) is 4.70 Å². The first-order chi connectivity index (χ1) is 14.6. The van der Waals surface area contributed by atoms with Gasteiger partial charge in [-0.25, -0.2) is 4.98 Å². The van der Waals surface area contributed by atoms with E-state index in [2.05, 4.69) is 14.9 Å². The average Bonchev–Trinajstić information content (AvgIpc) is 3.41. The van der Waals surface area contributed by atoms with Gasteiger partial charge >= 0.3 is 0 Å². The Morgan fingerprint density at radius 2 is 1.83 bits per heavy atom. The van der Waals surface area contributed by atoms with Crippen molar-refractivity contribution in [3.05, 3.63) is 42.6 Å². The summed E-state index contributed by atoms with van der Waals surface area (Å²) in [5, 5.41) is 0.584. The first kappa shape index (κ1) is 19.3. The van der Waals surface area contributed by atoms with Crippen LogP contribution in [-0.2, 0) is 4.79 Å². The Balaban J connectivity index is 1.08. The highest BCUT2D eigenvalue weighted by Crippen LogP contribution is 2.32. The highest BCUT2D eigenvalue weighted by Gasteiger charge is 2.40. The van der Waals surface area contributed by atoms with Crippen molar-refractivity contribution in [2.24, 2.45) is 11.8 Å². The van der Waals surface area contributed by atoms with Crippen LogP contribution >= 0.6 is 11.3 Å². The molecule has 2 saturated heterocycles. The molecule has 0 N–H and O–H groups in total. The van der Waals surface area contributed by atoms with E-state index in [1.54, 1.807) is 13.1 Å². The summed E-state index contributed by atoms with van der Waals surface area (Å²) in [4.78, 5) is 24.6. The number of hydrogen-bond acceptors (Lipinski definition) is 7. The van der Waals surface area contributed by atoms with Crippen molar-refractivity contribution in [3.8, 4) is 16.7 Å².